The van der Waals surface area contributed by atoms with Crippen LogP contribution in [-0.2, 0) is 4.74 Å². The van der Waals surface area contributed by atoms with Gasteiger partial charge in [0.05, 0.1) is 5.52 Å². The molecule has 3 heteroatoms. The Balaban J connectivity index is 1.82. The van der Waals surface area contributed by atoms with Crippen LogP contribution in [0.4, 0.5) is 0 Å². The van der Waals surface area contributed by atoms with Crippen LogP contribution in [0.2, 0.25) is 0 Å². The fourth-order valence-corrected chi connectivity index (χ4v) is 2.35. The van der Waals surface area contributed by atoms with Gasteiger partial charge in [0.25, 0.3) is 0 Å². The maximum atomic E-state index is 12.1. The molecule has 2 heterocycles. The van der Waals surface area contributed by atoms with Crippen molar-refractivity contribution in [1.29, 1.82) is 0 Å². The molecule has 0 saturated carbocycles. The lowest BCUT2D eigenvalue weighted by Crippen LogP contribution is -2.09. The molecule has 18 heavy (non-hydrogen) atoms. The molecule has 0 bridgehead atoms. The topological polar surface area (TPSA) is 39.2 Å². The lowest BCUT2D eigenvalue weighted by molar-refractivity contribution is 0.0952. The van der Waals surface area contributed by atoms with Gasteiger partial charge in [-0.3, -0.25) is 9.78 Å². The van der Waals surface area contributed by atoms with Crippen LogP contribution >= 0.6 is 0 Å². The number of aromatic nitrogens is 1. The predicted octanol–water partition coefficient (Wildman–Crippen LogP) is 2.84. The van der Waals surface area contributed by atoms with E-state index in [1.807, 2.05) is 30.3 Å². The normalized spacial score (nSPS) is 19.2. The summed E-state index contributed by atoms with van der Waals surface area (Å²) in [6, 6.07) is 9.78. The van der Waals surface area contributed by atoms with E-state index in [2.05, 4.69) is 4.98 Å². The van der Waals surface area contributed by atoms with Crippen LogP contribution in [0.15, 0.2) is 36.5 Å². The Morgan fingerprint density at radius 1 is 1.39 bits per heavy atom. The van der Waals surface area contributed by atoms with Crippen molar-refractivity contribution in [3.05, 3.63) is 42.1 Å². The third-order valence-electron chi connectivity index (χ3n) is 3.41. The number of ketones is 1. The molecule has 0 radical (unpaired) electrons. The monoisotopic (exact) mass is 241 g/mol. The molecular formula is C15H15NO2. The summed E-state index contributed by atoms with van der Waals surface area (Å²) >= 11 is 0. The van der Waals surface area contributed by atoms with Crippen molar-refractivity contribution in [1.82, 2.24) is 4.98 Å². The summed E-state index contributed by atoms with van der Waals surface area (Å²) in [6.45, 7) is 1.50. The Bertz CT molecular complexity index is 573. The Morgan fingerprint density at radius 3 is 3.11 bits per heavy atom. The van der Waals surface area contributed by atoms with Crippen LogP contribution in [-0.4, -0.2) is 24.0 Å². The van der Waals surface area contributed by atoms with E-state index in [1.165, 1.54) is 0 Å². The molecule has 0 N–H and O–H groups in total. The SMILES string of the molecule is O=C(CC1CCOC1)c1cnc2ccccc2c1. The van der Waals surface area contributed by atoms with Crippen molar-refractivity contribution in [3.63, 3.8) is 0 Å². The molecule has 1 aromatic heterocycles. The van der Waals surface area contributed by atoms with E-state index < -0.39 is 0 Å². The molecule has 1 atom stereocenters. The predicted molar refractivity (Wildman–Crippen MR) is 69.6 cm³/mol. The highest BCUT2D eigenvalue weighted by atomic mass is 16.5. The first-order valence-corrected chi connectivity index (χ1v) is 6.28. The van der Waals surface area contributed by atoms with Crippen LogP contribution < -0.4 is 0 Å². The Kier molecular flexibility index (Phi) is 3.07. The van der Waals surface area contributed by atoms with E-state index in [9.17, 15) is 4.79 Å². The van der Waals surface area contributed by atoms with E-state index in [4.69, 9.17) is 4.74 Å². The number of Topliss-reactive ketones (excluding diaryl/α,β-unsaturated/α-hetero) is 1. The van der Waals surface area contributed by atoms with Crippen molar-refractivity contribution in [2.24, 2.45) is 5.92 Å². The molecule has 3 rings (SSSR count). The van der Waals surface area contributed by atoms with Gasteiger partial charge in [0.15, 0.2) is 5.78 Å². The molecular weight excluding hydrogens is 226 g/mol. The molecule has 0 spiro atoms. The minimum absolute atomic E-state index is 0.170. The minimum Gasteiger partial charge on any atom is -0.381 e. The van der Waals surface area contributed by atoms with Crippen molar-refractivity contribution in [2.45, 2.75) is 12.8 Å². The van der Waals surface area contributed by atoms with Crippen LogP contribution in [0.3, 0.4) is 0 Å². The number of nitrogens with zero attached hydrogens (tertiary/aromatic N) is 1. The Hall–Kier alpha value is -1.74. The van der Waals surface area contributed by atoms with Gasteiger partial charge in [-0.1, -0.05) is 18.2 Å². The van der Waals surface area contributed by atoms with Crippen LogP contribution in [0.5, 0.6) is 0 Å². The number of hydrogen-bond donors (Lipinski definition) is 0. The number of hydrogen-bond acceptors (Lipinski definition) is 3. The quantitative estimate of drug-likeness (QED) is 0.776. The largest absolute Gasteiger partial charge is 0.381 e. The summed E-state index contributed by atoms with van der Waals surface area (Å²) in [4.78, 5) is 16.5. The summed E-state index contributed by atoms with van der Waals surface area (Å²) in [6.07, 6.45) is 3.24. The molecule has 1 aromatic carbocycles. The maximum absolute atomic E-state index is 12.1. The molecule has 1 fully saturated rings. The first-order valence-electron chi connectivity index (χ1n) is 6.28. The van der Waals surface area contributed by atoms with Crippen molar-refractivity contribution >= 4 is 16.7 Å². The first kappa shape index (κ1) is 11.4. The van der Waals surface area contributed by atoms with Crippen LogP contribution in [0.1, 0.15) is 23.2 Å². The number of fused-ring (bicyclic) bond motifs is 1. The zero-order valence-electron chi connectivity index (χ0n) is 10.1. The van der Waals surface area contributed by atoms with Gasteiger partial charge in [-0.25, -0.2) is 0 Å². The molecule has 1 saturated heterocycles. The minimum atomic E-state index is 0.170. The van der Waals surface area contributed by atoms with E-state index in [0.29, 0.717) is 24.5 Å². The number of benzene rings is 1. The summed E-state index contributed by atoms with van der Waals surface area (Å²) in [5.41, 5.74) is 1.64. The zero-order chi connectivity index (χ0) is 12.4. The number of para-hydroxylation sites is 1. The smallest absolute Gasteiger partial charge is 0.164 e. The Labute approximate surface area is 106 Å². The molecule has 1 aliphatic heterocycles. The van der Waals surface area contributed by atoms with E-state index >= 15 is 0 Å². The summed E-state index contributed by atoms with van der Waals surface area (Å²) < 4.78 is 5.30. The summed E-state index contributed by atoms with van der Waals surface area (Å²) in [7, 11) is 0. The van der Waals surface area contributed by atoms with E-state index in [-0.39, 0.29) is 5.78 Å². The second-order valence-corrected chi connectivity index (χ2v) is 4.77. The number of carbonyl (C=O) groups is 1. The molecule has 92 valence electrons. The highest BCUT2D eigenvalue weighted by Crippen LogP contribution is 2.20. The molecule has 1 unspecified atom stereocenters. The highest BCUT2D eigenvalue weighted by Gasteiger charge is 2.20. The second kappa shape index (κ2) is 4.86. The van der Waals surface area contributed by atoms with E-state index in [1.54, 1.807) is 6.20 Å². The summed E-state index contributed by atoms with van der Waals surface area (Å²) in [5.74, 6) is 0.549. The number of rotatable bonds is 3. The van der Waals surface area contributed by atoms with Gasteiger partial charge < -0.3 is 4.74 Å². The molecule has 0 aliphatic carbocycles. The van der Waals surface area contributed by atoms with Crippen LogP contribution in [0, 0.1) is 5.92 Å². The van der Waals surface area contributed by atoms with Gasteiger partial charge in [0.2, 0.25) is 0 Å². The molecule has 0 amide bonds. The van der Waals surface area contributed by atoms with Crippen LogP contribution in [0.25, 0.3) is 10.9 Å². The van der Waals surface area contributed by atoms with Crippen molar-refractivity contribution in [2.75, 3.05) is 13.2 Å². The third kappa shape index (κ3) is 2.27. The molecule has 3 nitrogen and oxygen atoms in total. The van der Waals surface area contributed by atoms with Gasteiger partial charge in [0.1, 0.15) is 0 Å². The lowest BCUT2D eigenvalue weighted by Gasteiger charge is -2.06. The molecule has 2 aromatic rings. The second-order valence-electron chi connectivity index (χ2n) is 4.77. The van der Waals surface area contributed by atoms with Gasteiger partial charge in [-0.15, -0.1) is 0 Å². The zero-order valence-corrected chi connectivity index (χ0v) is 10.1. The average molecular weight is 241 g/mol. The third-order valence-corrected chi connectivity index (χ3v) is 3.41. The molecule has 1 aliphatic rings. The lowest BCUT2D eigenvalue weighted by atomic mass is 9.98. The average Bonchev–Trinajstić information content (AvgIpc) is 2.91. The van der Waals surface area contributed by atoms with Crippen molar-refractivity contribution in [3.8, 4) is 0 Å². The first-order chi connectivity index (χ1) is 8.83. The van der Waals surface area contributed by atoms with Gasteiger partial charge in [0, 0.05) is 36.8 Å². The number of ether oxygens (including phenoxy) is 1. The fraction of sp³-hybridized carbons (Fsp3) is 0.333. The van der Waals surface area contributed by atoms with E-state index in [0.717, 1.165) is 23.9 Å². The number of carbonyl (C=O) groups excluding carboxylic acids is 1. The van der Waals surface area contributed by atoms with Crippen molar-refractivity contribution < 1.29 is 9.53 Å². The number of pyridine rings is 1. The fourth-order valence-electron chi connectivity index (χ4n) is 2.35. The standard InChI is InChI=1S/C15H15NO2/c17-15(7-11-5-6-18-10-11)13-8-12-3-1-2-4-14(12)16-9-13/h1-4,8-9,11H,5-7,10H2. The van der Waals surface area contributed by atoms with Gasteiger partial charge in [-0.2, -0.15) is 0 Å². The van der Waals surface area contributed by atoms with Gasteiger partial charge >= 0.3 is 0 Å². The summed E-state index contributed by atoms with van der Waals surface area (Å²) in [5, 5.41) is 1.02. The Morgan fingerprint density at radius 2 is 2.28 bits per heavy atom. The van der Waals surface area contributed by atoms with Gasteiger partial charge in [-0.05, 0) is 24.5 Å². The highest BCUT2D eigenvalue weighted by molar-refractivity contribution is 5.98. The maximum Gasteiger partial charge on any atom is 0.164 e.